The van der Waals surface area contributed by atoms with Gasteiger partial charge in [-0.2, -0.15) is 0 Å². The fourth-order valence-electron chi connectivity index (χ4n) is 1.65. The van der Waals surface area contributed by atoms with E-state index in [1.165, 1.54) is 0 Å². The van der Waals surface area contributed by atoms with Gasteiger partial charge in [0.2, 0.25) is 5.43 Å². The van der Waals surface area contributed by atoms with Gasteiger partial charge in [-0.25, -0.2) is 0 Å². The molecule has 98 valence electrons. The predicted octanol–water partition coefficient (Wildman–Crippen LogP) is 3.00. The quantitative estimate of drug-likeness (QED) is 0.813. The van der Waals surface area contributed by atoms with E-state index in [0.717, 1.165) is 10.0 Å². The molecule has 0 heterocycles. The summed E-state index contributed by atoms with van der Waals surface area (Å²) in [5.41, 5.74) is 0.279. The van der Waals surface area contributed by atoms with Crippen molar-refractivity contribution in [3.8, 4) is 5.75 Å². The first kappa shape index (κ1) is 13.7. The van der Waals surface area contributed by atoms with E-state index in [0.29, 0.717) is 5.56 Å². The lowest BCUT2D eigenvalue weighted by Gasteiger charge is -2.12. The highest BCUT2D eigenvalue weighted by Gasteiger charge is 2.20. The number of hydrogen-bond acceptors (Lipinski definition) is 3. The van der Waals surface area contributed by atoms with Crippen LogP contribution in [-0.2, 0) is 0 Å². The van der Waals surface area contributed by atoms with E-state index in [1.54, 1.807) is 12.2 Å². The summed E-state index contributed by atoms with van der Waals surface area (Å²) in [7, 11) is 0. The van der Waals surface area contributed by atoms with Crippen molar-refractivity contribution in [2.24, 2.45) is 0 Å². The first-order valence-corrected chi connectivity index (χ1v) is 6.72. The van der Waals surface area contributed by atoms with E-state index in [1.807, 2.05) is 38.1 Å². The summed E-state index contributed by atoms with van der Waals surface area (Å²) in [6, 6.07) is 7.64. The average molecular weight is 321 g/mol. The third-order valence-corrected chi connectivity index (χ3v) is 3.10. The van der Waals surface area contributed by atoms with Gasteiger partial charge >= 0.3 is 0 Å². The molecule has 0 aliphatic rings. The molecule has 0 amide bonds. The fraction of sp³-hybridized carbons (Fsp3) is 0.200. The van der Waals surface area contributed by atoms with E-state index in [9.17, 15) is 9.59 Å². The van der Waals surface area contributed by atoms with Crippen LogP contribution in [-0.4, -0.2) is 6.10 Å². The molecule has 0 unspecified atom stereocenters. The highest BCUT2D eigenvalue weighted by atomic mass is 79.9. The van der Waals surface area contributed by atoms with Crippen LogP contribution in [0.25, 0.3) is 12.2 Å². The summed E-state index contributed by atoms with van der Waals surface area (Å²) in [6.45, 7) is 3.64. The van der Waals surface area contributed by atoms with E-state index in [-0.39, 0.29) is 11.9 Å². The summed E-state index contributed by atoms with van der Waals surface area (Å²) < 4.78 is 6.33. The van der Waals surface area contributed by atoms with Crippen LogP contribution >= 0.6 is 15.9 Å². The fourth-order valence-corrected chi connectivity index (χ4v) is 1.91. The Hall–Kier alpha value is -1.68. The molecular weight excluding hydrogens is 308 g/mol. The Morgan fingerprint density at radius 2 is 1.68 bits per heavy atom. The Morgan fingerprint density at radius 3 is 2.26 bits per heavy atom. The van der Waals surface area contributed by atoms with Crippen LogP contribution in [0, 0.1) is 0 Å². The number of hydrogen-bond donors (Lipinski definition) is 0. The van der Waals surface area contributed by atoms with Crippen molar-refractivity contribution < 1.29 is 4.74 Å². The molecule has 0 bridgehead atoms. The first-order chi connectivity index (χ1) is 8.99. The van der Waals surface area contributed by atoms with Crippen molar-refractivity contribution in [1.29, 1.82) is 0 Å². The van der Waals surface area contributed by atoms with Crippen LogP contribution < -0.4 is 15.6 Å². The zero-order valence-corrected chi connectivity index (χ0v) is 12.2. The van der Waals surface area contributed by atoms with Gasteiger partial charge in [-0.05, 0) is 37.6 Å². The lowest BCUT2D eigenvalue weighted by atomic mass is 10.1. The smallest absolute Gasteiger partial charge is 0.268 e. The van der Waals surface area contributed by atoms with Crippen LogP contribution in [0.1, 0.15) is 25.0 Å². The van der Waals surface area contributed by atoms with Crippen LogP contribution in [0.5, 0.6) is 5.75 Å². The predicted molar refractivity (Wildman–Crippen MR) is 80.2 cm³/mol. The Balaban J connectivity index is 2.24. The van der Waals surface area contributed by atoms with Crippen LogP contribution in [0.15, 0.2) is 38.3 Å². The molecule has 0 aliphatic carbocycles. The molecule has 0 aromatic heterocycles. The summed E-state index contributed by atoms with van der Waals surface area (Å²) in [5.74, 6) is 0.174. The van der Waals surface area contributed by atoms with Gasteiger partial charge in [0.05, 0.1) is 11.7 Å². The Kier molecular flexibility index (Phi) is 4.00. The number of ether oxygens (including phenoxy) is 1. The monoisotopic (exact) mass is 320 g/mol. The second-order valence-electron chi connectivity index (χ2n) is 4.45. The van der Waals surface area contributed by atoms with Gasteiger partial charge in [0.25, 0.3) is 5.43 Å². The maximum atomic E-state index is 11.5. The van der Waals surface area contributed by atoms with Gasteiger partial charge in [0, 0.05) is 4.47 Å². The number of benzene rings is 1. The number of rotatable bonds is 4. The maximum absolute atomic E-state index is 11.5. The second-order valence-corrected chi connectivity index (χ2v) is 5.37. The molecule has 0 saturated carbocycles. The van der Waals surface area contributed by atoms with Crippen molar-refractivity contribution in [1.82, 2.24) is 0 Å². The molecule has 2 rings (SSSR count). The summed E-state index contributed by atoms with van der Waals surface area (Å²) in [6.07, 6.45) is 3.30. The minimum atomic E-state index is -0.538. The van der Waals surface area contributed by atoms with E-state index < -0.39 is 10.9 Å². The molecule has 2 aromatic rings. The summed E-state index contributed by atoms with van der Waals surface area (Å²) in [5, 5.41) is 0. The molecule has 19 heavy (non-hydrogen) atoms. The van der Waals surface area contributed by atoms with Crippen molar-refractivity contribution in [3.63, 3.8) is 0 Å². The maximum Gasteiger partial charge on any atom is 0.268 e. The Morgan fingerprint density at radius 1 is 1.05 bits per heavy atom. The summed E-state index contributed by atoms with van der Waals surface area (Å²) >= 11 is 3.35. The topological polar surface area (TPSA) is 43.4 Å². The first-order valence-electron chi connectivity index (χ1n) is 5.92. The Bertz CT molecular complexity index is 674. The molecule has 3 nitrogen and oxygen atoms in total. The van der Waals surface area contributed by atoms with Crippen LogP contribution in [0.2, 0.25) is 0 Å². The molecule has 0 aliphatic heterocycles. The second kappa shape index (κ2) is 5.53. The van der Waals surface area contributed by atoms with E-state index in [4.69, 9.17) is 4.74 Å². The van der Waals surface area contributed by atoms with Gasteiger partial charge < -0.3 is 4.74 Å². The van der Waals surface area contributed by atoms with E-state index >= 15 is 0 Å². The van der Waals surface area contributed by atoms with Gasteiger partial charge in [-0.3, -0.25) is 9.59 Å². The average Bonchev–Trinajstić information content (AvgIpc) is 2.39. The highest BCUT2D eigenvalue weighted by molar-refractivity contribution is 9.10. The normalized spacial score (nSPS) is 11.6. The SMILES string of the molecule is CC(C)Oc1c(C=Cc2ccc(Br)cc2)c(=O)c1=O. The molecule has 4 heteroatoms. The Labute approximate surface area is 119 Å². The lowest BCUT2D eigenvalue weighted by molar-refractivity contribution is 0.236. The molecule has 0 radical (unpaired) electrons. The minimum Gasteiger partial charge on any atom is -0.486 e. The van der Waals surface area contributed by atoms with Crippen LogP contribution in [0.3, 0.4) is 0 Å². The third-order valence-electron chi connectivity index (χ3n) is 2.57. The summed E-state index contributed by atoms with van der Waals surface area (Å²) in [4.78, 5) is 22.9. The molecule has 0 spiro atoms. The largest absolute Gasteiger partial charge is 0.486 e. The minimum absolute atomic E-state index is 0.122. The van der Waals surface area contributed by atoms with Crippen molar-refractivity contribution in [3.05, 3.63) is 60.3 Å². The van der Waals surface area contributed by atoms with Crippen molar-refractivity contribution in [2.75, 3.05) is 0 Å². The zero-order chi connectivity index (χ0) is 14.0. The van der Waals surface area contributed by atoms with E-state index in [2.05, 4.69) is 15.9 Å². The zero-order valence-electron chi connectivity index (χ0n) is 10.6. The van der Waals surface area contributed by atoms with Crippen molar-refractivity contribution in [2.45, 2.75) is 20.0 Å². The molecule has 0 atom stereocenters. The van der Waals surface area contributed by atoms with Gasteiger partial charge in [-0.1, -0.05) is 34.1 Å². The molecule has 0 saturated heterocycles. The number of halogens is 1. The molecular formula is C15H13BrO3. The molecule has 0 N–H and O–H groups in total. The molecule has 0 fully saturated rings. The van der Waals surface area contributed by atoms with Gasteiger partial charge in [0.15, 0.2) is 5.75 Å². The highest BCUT2D eigenvalue weighted by Crippen LogP contribution is 2.17. The van der Waals surface area contributed by atoms with Gasteiger partial charge in [0.1, 0.15) is 0 Å². The van der Waals surface area contributed by atoms with Gasteiger partial charge in [-0.15, -0.1) is 0 Å². The third kappa shape index (κ3) is 3.01. The lowest BCUT2D eigenvalue weighted by Crippen LogP contribution is -2.36. The standard InChI is InChI=1S/C15H13BrO3/c1-9(2)19-15-12(13(17)14(15)18)8-5-10-3-6-11(16)7-4-10/h3-9H,1-2H3. The van der Waals surface area contributed by atoms with Crippen LogP contribution in [0.4, 0.5) is 0 Å². The molecule has 2 aromatic carbocycles. The van der Waals surface area contributed by atoms with Crippen molar-refractivity contribution >= 4 is 28.1 Å².